The number of nitrogens with zero attached hydrogens (tertiary/aromatic N) is 2. The van der Waals surface area contributed by atoms with Gasteiger partial charge in [-0.1, -0.05) is 117 Å². The van der Waals surface area contributed by atoms with Gasteiger partial charge in [-0.25, -0.2) is 0 Å². The number of oxime groups is 1. The summed E-state index contributed by atoms with van der Waals surface area (Å²) in [5, 5.41) is 64.6. The zero-order valence-corrected chi connectivity index (χ0v) is 45.0. The first-order chi connectivity index (χ1) is 32.0. The van der Waals surface area contributed by atoms with Crippen LogP contribution in [0.15, 0.2) is 5.16 Å². The predicted molar refractivity (Wildman–Crippen MR) is 265 cm³/mol. The van der Waals surface area contributed by atoms with Crippen molar-refractivity contribution in [2.75, 3.05) is 27.8 Å². The minimum absolute atomic E-state index is 0.0331. The van der Waals surface area contributed by atoms with Crippen LogP contribution in [0.2, 0.25) is 0 Å². The van der Waals surface area contributed by atoms with Crippen LogP contribution in [0.1, 0.15) is 192 Å². The van der Waals surface area contributed by atoms with E-state index in [0.717, 1.165) is 19.3 Å². The minimum atomic E-state index is -1.93. The first-order valence-corrected chi connectivity index (χ1v) is 26.7. The molecule has 5 N–H and O–H groups in total. The number of carbonyl (C=O) groups excluding carboxylic acids is 1. The third-order valence-corrected chi connectivity index (χ3v) is 15.6. The number of esters is 1. The van der Waals surface area contributed by atoms with E-state index in [9.17, 15) is 30.3 Å². The Morgan fingerprint density at radius 3 is 1.84 bits per heavy atom. The lowest BCUT2D eigenvalue weighted by molar-refractivity contribution is -0.317. The van der Waals surface area contributed by atoms with Crippen molar-refractivity contribution in [3.05, 3.63) is 0 Å². The molecule has 3 aliphatic heterocycles. The average Bonchev–Trinajstić information content (AvgIpc) is 3.28. The molecule has 3 saturated heterocycles. The summed E-state index contributed by atoms with van der Waals surface area (Å²) < 4.78 is 38.1. The van der Waals surface area contributed by atoms with Crippen molar-refractivity contribution in [3.8, 4) is 0 Å². The van der Waals surface area contributed by atoms with Gasteiger partial charge in [-0.2, -0.15) is 0 Å². The van der Waals surface area contributed by atoms with Crippen LogP contribution in [-0.2, 0) is 38.1 Å². The SMILES string of the molecule is CCCCCCCCCCCCCCCCO/N=C1\[C@H](C)CC(C)(O)[C@H](O[C@@H]2O[C@H](C)C[C@H](N(C)C)[C@H]2O)[C@@H](C)[C@H](OC2C[C@@](C)(OC)[C@@H](O)[C@H](C)O2)[C@@H](C)C(=O)O[C@@H](CC)[C@@](C)(O)[C@H](O)[C@@H]1C. The summed E-state index contributed by atoms with van der Waals surface area (Å²) in [5.74, 6) is -3.91. The number of methoxy groups -OCH3 is 1. The van der Waals surface area contributed by atoms with E-state index < -0.39 is 102 Å². The number of aliphatic hydroxyl groups excluding tert-OH is 3. The second-order valence-electron chi connectivity index (χ2n) is 22.0. The number of ether oxygens (including phenoxy) is 6. The molecule has 3 heterocycles. The fourth-order valence-electron chi connectivity index (χ4n) is 11.1. The Bertz CT molecular complexity index is 1470. The van der Waals surface area contributed by atoms with Crippen LogP contribution in [0.3, 0.4) is 0 Å². The van der Waals surface area contributed by atoms with Gasteiger partial charge in [0.2, 0.25) is 0 Å². The molecule has 0 spiro atoms. The summed E-state index contributed by atoms with van der Waals surface area (Å²) in [5.41, 5.74) is -4.27. The first kappa shape index (κ1) is 60.8. The quantitative estimate of drug-likeness (QED) is 0.0374. The predicted octanol–water partition coefficient (Wildman–Crippen LogP) is 8.07. The first-order valence-electron chi connectivity index (χ1n) is 26.7. The van der Waals surface area contributed by atoms with Crippen LogP contribution in [0.4, 0.5) is 0 Å². The van der Waals surface area contributed by atoms with Crippen molar-refractivity contribution in [1.29, 1.82) is 0 Å². The molecule has 0 aliphatic carbocycles. The lowest BCUT2D eigenvalue weighted by Crippen LogP contribution is -2.61. The molecule has 0 bridgehead atoms. The number of hydrogen-bond acceptors (Lipinski definition) is 15. The standard InChI is InChI=1S/C53H100N2O13/c1-15-17-18-19-20-21-22-23-24-25-26-27-28-29-30-63-54-43-34(3)32-51(9,60)48(68-50-44(56)40(55(12)13)31-35(4)64-50)37(6)45(67-42-33-52(10,62-14)47(58)39(8)65-42)38(7)49(59)66-41(16-2)53(11,61)46(57)36(43)5/h34-42,44-48,50,56-58,60-61H,15-33H2,1-14H3/b54-43+/t34-,35-,36-,37+,38-,39+,40+,41+,42?,44-,45+,46-,47+,48-,50+,51?,52-,53-/m1/s1. The Kier molecular flexibility index (Phi) is 25.6. The fraction of sp³-hybridized carbons (Fsp3) is 0.962. The van der Waals surface area contributed by atoms with Crippen LogP contribution < -0.4 is 0 Å². The van der Waals surface area contributed by atoms with Crippen molar-refractivity contribution >= 4 is 11.7 Å². The van der Waals surface area contributed by atoms with Gasteiger partial charge in [0.1, 0.15) is 30.5 Å². The molecule has 400 valence electrons. The molecule has 0 saturated carbocycles. The highest BCUT2D eigenvalue weighted by atomic mass is 16.7. The highest BCUT2D eigenvalue weighted by molar-refractivity contribution is 5.88. The van der Waals surface area contributed by atoms with Gasteiger partial charge >= 0.3 is 5.97 Å². The summed E-state index contributed by atoms with van der Waals surface area (Å²) in [6, 6.07) is -0.311. The van der Waals surface area contributed by atoms with E-state index in [0.29, 0.717) is 18.7 Å². The van der Waals surface area contributed by atoms with Gasteiger partial charge in [0.15, 0.2) is 12.6 Å². The zero-order valence-electron chi connectivity index (χ0n) is 45.0. The molecule has 0 aromatic carbocycles. The van der Waals surface area contributed by atoms with Crippen molar-refractivity contribution in [2.45, 2.75) is 276 Å². The van der Waals surface area contributed by atoms with Gasteiger partial charge in [-0.15, -0.1) is 0 Å². The Hall–Kier alpha value is -1.50. The molecule has 3 fully saturated rings. The average molecular weight is 973 g/mol. The molecule has 18 atom stereocenters. The molecule has 0 amide bonds. The molecule has 15 heteroatoms. The number of carbonyl (C=O) groups is 1. The number of unbranched alkanes of at least 4 members (excludes halogenated alkanes) is 13. The fourth-order valence-corrected chi connectivity index (χ4v) is 11.1. The van der Waals surface area contributed by atoms with Crippen LogP contribution in [0.25, 0.3) is 0 Å². The molecule has 3 rings (SSSR count). The maximum absolute atomic E-state index is 14.5. The molecule has 68 heavy (non-hydrogen) atoms. The Morgan fingerprint density at radius 1 is 0.750 bits per heavy atom. The molecule has 0 radical (unpaired) electrons. The second kappa shape index (κ2) is 28.7. The van der Waals surface area contributed by atoms with Gasteiger partial charge in [0, 0.05) is 37.3 Å². The van der Waals surface area contributed by atoms with Gasteiger partial charge in [-0.05, 0) is 87.7 Å². The summed E-state index contributed by atoms with van der Waals surface area (Å²) >= 11 is 0. The summed E-state index contributed by atoms with van der Waals surface area (Å²) in [4.78, 5) is 22.4. The number of likely N-dealkylation sites (N-methyl/N-ethyl adjacent to an activating group) is 1. The van der Waals surface area contributed by atoms with E-state index in [2.05, 4.69) is 12.1 Å². The van der Waals surface area contributed by atoms with Crippen LogP contribution >= 0.6 is 0 Å². The molecule has 0 aromatic heterocycles. The number of rotatable bonds is 23. The largest absolute Gasteiger partial charge is 0.459 e. The molecular formula is C53H100N2O13. The van der Waals surface area contributed by atoms with Crippen molar-refractivity contribution in [2.24, 2.45) is 28.8 Å². The van der Waals surface area contributed by atoms with Crippen molar-refractivity contribution in [1.82, 2.24) is 4.90 Å². The molecular weight excluding hydrogens is 873 g/mol. The monoisotopic (exact) mass is 973 g/mol. The topological polar surface area (TPSA) is 198 Å². The van der Waals surface area contributed by atoms with Crippen molar-refractivity contribution in [3.63, 3.8) is 0 Å². The third-order valence-electron chi connectivity index (χ3n) is 15.6. The molecule has 15 nitrogen and oxygen atoms in total. The number of cyclic esters (lactones) is 1. The van der Waals surface area contributed by atoms with Crippen LogP contribution in [0.5, 0.6) is 0 Å². The van der Waals surface area contributed by atoms with Crippen LogP contribution in [0, 0.1) is 23.7 Å². The Labute approximate surface area is 411 Å². The van der Waals surface area contributed by atoms with Gasteiger partial charge in [-0.3, -0.25) is 4.79 Å². The summed E-state index contributed by atoms with van der Waals surface area (Å²) in [6.45, 7) is 20.0. The van der Waals surface area contributed by atoms with Gasteiger partial charge < -0.3 is 63.7 Å². The molecule has 2 unspecified atom stereocenters. The van der Waals surface area contributed by atoms with Crippen molar-refractivity contribution < 1.29 is 63.6 Å². The maximum Gasteiger partial charge on any atom is 0.311 e. The smallest absolute Gasteiger partial charge is 0.311 e. The third kappa shape index (κ3) is 17.1. The van der Waals surface area contributed by atoms with E-state index in [-0.39, 0.29) is 31.4 Å². The normalized spacial score (nSPS) is 40.9. The number of aliphatic hydroxyl groups is 5. The lowest BCUT2D eigenvalue weighted by atomic mass is 9.73. The highest BCUT2D eigenvalue weighted by Crippen LogP contribution is 2.41. The molecule has 3 aliphatic rings. The number of hydrogen-bond donors (Lipinski definition) is 5. The van der Waals surface area contributed by atoms with Crippen LogP contribution in [-0.4, -0.2) is 154 Å². The second-order valence-corrected chi connectivity index (χ2v) is 22.0. The van der Waals surface area contributed by atoms with E-state index >= 15 is 0 Å². The van der Waals surface area contributed by atoms with E-state index in [1.54, 1.807) is 41.5 Å². The summed E-state index contributed by atoms with van der Waals surface area (Å²) in [7, 11) is 5.28. The minimum Gasteiger partial charge on any atom is -0.459 e. The maximum atomic E-state index is 14.5. The zero-order chi connectivity index (χ0) is 51.0. The van der Waals surface area contributed by atoms with E-state index in [1.165, 1.54) is 84.7 Å². The van der Waals surface area contributed by atoms with E-state index in [1.807, 2.05) is 39.8 Å². The Balaban J connectivity index is 1.96. The van der Waals surface area contributed by atoms with Gasteiger partial charge in [0.25, 0.3) is 0 Å². The highest BCUT2D eigenvalue weighted by Gasteiger charge is 2.53. The van der Waals surface area contributed by atoms with Gasteiger partial charge in [0.05, 0.1) is 53.4 Å². The summed E-state index contributed by atoms with van der Waals surface area (Å²) in [6.07, 6.45) is 8.20. The van der Waals surface area contributed by atoms with E-state index in [4.69, 9.17) is 33.3 Å². The molecule has 0 aromatic rings. The lowest BCUT2D eigenvalue weighted by Gasteiger charge is -2.49. The Morgan fingerprint density at radius 2 is 1.31 bits per heavy atom.